The standard InChI is InChI=1S/C25H30FN5O4/c1-4-16(2)20(22(32)35-3)29-24(34)30-11-8-25(9-12-30)21(19-7-5-6-10-28-19)31(23(25)33)18-13-17(26)14-27-15-18/h5-7,10,13-16,20-21H,4,8-9,11-12H2,1-3H3,(H,29,34)/t16?,20-,21?/m0/s1. The number of urea groups is 1. The average molecular weight is 484 g/mol. The van der Waals surface area contributed by atoms with E-state index >= 15 is 0 Å². The van der Waals surface area contributed by atoms with E-state index in [2.05, 4.69) is 15.3 Å². The van der Waals surface area contributed by atoms with Gasteiger partial charge in [-0.05, 0) is 30.9 Å². The smallest absolute Gasteiger partial charge is 0.328 e. The lowest BCUT2D eigenvalue weighted by Gasteiger charge is -2.58. The van der Waals surface area contributed by atoms with Gasteiger partial charge in [0.2, 0.25) is 5.91 Å². The highest BCUT2D eigenvalue weighted by Crippen LogP contribution is 2.57. The van der Waals surface area contributed by atoms with Crippen LogP contribution in [0.4, 0.5) is 14.9 Å². The molecule has 2 aliphatic rings. The average Bonchev–Trinajstić information content (AvgIpc) is 2.89. The maximum atomic E-state index is 13.9. The van der Waals surface area contributed by atoms with Crippen molar-refractivity contribution in [3.63, 3.8) is 0 Å². The molecule has 2 aromatic rings. The van der Waals surface area contributed by atoms with E-state index in [-0.39, 0.29) is 17.9 Å². The fourth-order valence-corrected chi connectivity index (χ4v) is 5.02. The third-order valence-corrected chi connectivity index (χ3v) is 7.25. The van der Waals surface area contributed by atoms with Crippen molar-refractivity contribution in [3.05, 3.63) is 54.4 Å². The highest BCUT2D eigenvalue weighted by molar-refractivity contribution is 6.06. The number of rotatable bonds is 6. The zero-order chi connectivity index (χ0) is 25.2. The Bertz CT molecular complexity index is 1090. The highest BCUT2D eigenvalue weighted by Gasteiger charge is 2.63. The third-order valence-electron chi connectivity index (χ3n) is 7.25. The molecule has 1 spiro atoms. The van der Waals surface area contributed by atoms with E-state index in [1.54, 1.807) is 22.1 Å². The maximum Gasteiger partial charge on any atom is 0.328 e. The lowest BCUT2D eigenvalue weighted by Crippen LogP contribution is -2.67. The number of carbonyl (C=O) groups is 3. The van der Waals surface area contributed by atoms with Crippen molar-refractivity contribution in [1.82, 2.24) is 20.2 Å². The lowest BCUT2D eigenvalue weighted by molar-refractivity contribution is -0.144. The molecule has 3 amide bonds. The Morgan fingerprint density at radius 2 is 2.03 bits per heavy atom. The van der Waals surface area contributed by atoms with E-state index in [4.69, 9.17) is 4.74 Å². The second-order valence-corrected chi connectivity index (χ2v) is 9.17. The minimum atomic E-state index is -0.754. The summed E-state index contributed by atoms with van der Waals surface area (Å²) in [5.74, 6) is -1.22. The fraction of sp³-hybridized carbons (Fsp3) is 0.480. The monoisotopic (exact) mass is 483 g/mol. The number of likely N-dealkylation sites (tertiary alicyclic amines) is 1. The molecule has 2 aromatic heterocycles. The maximum absolute atomic E-state index is 13.9. The van der Waals surface area contributed by atoms with Gasteiger partial charge < -0.3 is 19.9 Å². The quantitative estimate of drug-likeness (QED) is 0.500. The molecular weight excluding hydrogens is 453 g/mol. The number of aromatic nitrogens is 2. The van der Waals surface area contributed by atoms with Crippen molar-refractivity contribution in [1.29, 1.82) is 0 Å². The molecule has 0 saturated carbocycles. The number of nitrogens with zero attached hydrogens (tertiary/aromatic N) is 4. The van der Waals surface area contributed by atoms with Gasteiger partial charge in [0.15, 0.2) is 0 Å². The van der Waals surface area contributed by atoms with E-state index in [9.17, 15) is 18.8 Å². The number of halogens is 1. The summed E-state index contributed by atoms with van der Waals surface area (Å²) in [5.41, 5.74) is 0.332. The number of β-lactam (4-membered cyclic amide) rings is 1. The minimum absolute atomic E-state index is 0.0855. The third kappa shape index (κ3) is 4.44. The van der Waals surface area contributed by atoms with E-state index in [0.717, 1.165) is 6.20 Å². The van der Waals surface area contributed by atoms with Gasteiger partial charge in [-0.3, -0.25) is 14.8 Å². The number of anilines is 1. The SMILES string of the molecule is CCC(C)[C@H](NC(=O)N1CCC2(CC1)C(=O)N(c1cncc(F)c1)C2c1ccccn1)C(=O)OC. The molecule has 0 bridgehead atoms. The number of ether oxygens (including phenoxy) is 1. The summed E-state index contributed by atoms with van der Waals surface area (Å²) in [4.78, 5) is 50.2. The molecule has 0 aliphatic carbocycles. The van der Waals surface area contributed by atoms with Crippen molar-refractivity contribution in [3.8, 4) is 0 Å². The van der Waals surface area contributed by atoms with Crippen LogP contribution in [-0.4, -0.2) is 59.0 Å². The molecule has 9 nitrogen and oxygen atoms in total. The van der Waals surface area contributed by atoms with Crippen LogP contribution in [0.2, 0.25) is 0 Å². The zero-order valence-electron chi connectivity index (χ0n) is 20.1. The van der Waals surface area contributed by atoms with Crippen LogP contribution in [-0.2, 0) is 14.3 Å². The number of carbonyl (C=O) groups excluding carboxylic acids is 3. The molecular formula is C25H30FN5O4. The van der Waals surface area contributed by atoms with Crippen LogP contribution in [0.15, 0.2) is 42.9 Å². The second kappa shape index (κ2) is 9.97. The first-order chi connectivity index (χ1) is 16.8. The number of hydrogen-bond acceptors (Lipinski definition) is 6. The molecule has 1 N–H and O–H groups in total. The van der Waals surface area contributed by atoms with Crippen LogP contribution in [0.5, 0.6) is 0 Å². The van der Waals surface area contributed by atoms with Crippen molar-refractivity contribution in [2.45, 2.75) is 45.2 Å². The van der Waals surface area contributed by atoms with Gasteiger partial charge in [-0.15, -0.1) is 0 Å². The van der Waals surface area contributed by atoms with Crippen LogP contribution in [0.3, 0.4) is 0 Å². The molecule has 3 atom stereocenters. The lowest BCUT2D eigenvalue weighted by atomic mass is 9.63. The number of methoxy groups -OCH3 is 1. The molecule has 4 heterocycles. The summed E-state index contributed by atoms with van der Waals surface area (Å²) in [6.45, 7) is 4.50. The Morgan fingerprint density at radius 1 is 1.29 bits per heavy atom. The van der Waals surface area contributed by atoms with Crippen molar-refractivity contribution < 1.29 is 23.5 Å². The van der Waals surface area contributed by atoms with Crippen molar-refractivity contribution >= 4 is 23.6 Å². The highest BCUT2D eigenvalue weighted by atomic mass is 19.1. The van der Waals surface area contributed by atoms with E-state index in [1.807, 2.05) is 26.0 Å². The Hall–Kier alpha value is -3.56. The first-order valence-electron chi connectivity index (χ1n) is 11.8. The van der Waals surface area contributed by atoms with Gasteiger partial charge in [0.1, 0.15) is 11.9 Å². The molecule has 2 saturated heterocycles. The van der Waals surface area contributed by atoms with Gasteiger partial charge >= 0.3 is 12.0 Å². The van der Waals surface area contributed by atoms with Gasteiger partial charge in [0.05, 0.1) is 42.3 Å². The number of pyridine rings is 2. The van der Waals surface area contributed by atoms with E-state index in [0.29, 0.717) is 43.7 Å². The summed E-state index contributed by atoms with van der Waals surface area (Å²) in [5, 5.41) is 2.80. The molecule has 0 radical (unpaired) electrons. The molecule has 35 heavy (non-hydrogen) atoms. The Morgan fingerprint density at radius 3 is 2.63 bits per heavy atom. The molecule has 2 fully saturated rings. The van der Waals surface area contributed by atoms with Gasteiger partial charge in [-0.1, -0.05) is 26.3 Å². The molecule has 2 aliphatic heterocycles. The first kappa shape index (κ1) is 24.6. The van der Waals surface area contributed by atoms with Gasteiger partial charge in [0, 0.05) is 25.4 Å². The first-order valence-corrected chi connectivity index (χ1v) is 11.8. The van der Waals surface area contributed by atoms with Crippen molar-refractivity contribution in [2.75, 3.05) is 25.1 Å². The Kier molecular flexibility index (Phi) is 7.00. The summed E-state index contributed by atoms with van der Waals surface area (Å²) >= 11 is 0. The van der Waals surface area contributed by atoms with Crippen LogP contribution in [0.1, 0.15) is 44.8 Å². The number of hydrogen-bond donors (Lipinski definition) is 1. The number of amides is 3. The summed E-state index contributed by atoms with van der Waals surface area (Å²) < 4.78 is 18.7. The molecule has 2 unspecified atom stereocenters. The largest absolute Gasteiger partial charge is 0.467 e. The van der Waals surface area contributed by atoms with E-state index < -0.39 is 29.3 Å². The number of esters is 1. The summed E-state index contributed by atoms with van der Waals surface area (Å²) in [6, 6.07) is 5.30. The predicted molar refractivity (Wildman–Crippen MR) is 126 cm³/mol. The van der Waals surface area contributed by atoms with Crippen LogP contribution in [0.25, 0.3) is 0 Å². The number of piperidine rings is 1. The van der Waals surface area contributed by atoms with Gasteiger partial charge in [0.25, 0.3) is 0 Å². The van der Waals surface area contributed by atoms with Crippen LogP contribution >= 0.6 is 0 Å². The fourth-order valence-electron chi connectivity index (χ4n) is 5.02. The Labute approximate surface area is 203 Å². The van der Waals surface area contributed by atoms with E-state index in [1.165, 1.54) is 19.4 Å². The summed E-state index contributed by atoms with van der Waals surface area (Å²) in [6.07, 6.45) is 5.77. The minimum Gasteiger partial charge on any atom is -0.467 e. The topological polar surface area (TPSA) is 105 Å². The summed E-state index contributed by atoms with van der Waals surface area (Å²) in [7, 11) is 1.30. The zero-order valence-corrected chi connectivity index (χ0v) is 20.1. The Balaban J connectivity index is 1.53. The van der Waals surface area contributed by atoms with Crippen LogP contribution < -0.4 is 10.2 Å². The molecule has 4 rings (SSSR count). The predicted octanol–water partition coefficient (Wildman–Crippen LogP) is 3.08. The normalized spacial score (nSPS) is 20.7. The van der Waals surface area contributed by atoms with Crippen molar-refractivity contribution in [2.24, 2.45) is 11.3 Å². The van der Waals surface area contributed by atoms with Gasteiger partial charge in [-0.25, -0.2) is 14.0 Å². The number of nitrogens with one attached hydrogen (secondary N) is 1. The molecule has 0 aromatic carbocycles. The molecule has 10 heteroatoms. The second-order valence-electron chi connectivity index (χ2n) is 9.17. The van der Waals surface area contributed by atoms with Gasteiger partial charge in [-0.2, -0.15) is 0 Å². The van der Waals surface area contributed by atoms with Crippen LogP contribution in [0, 0.1) is 17.2 Å². The molecule has 186 valence electrons.